The fraction of sp³-hybridized carbons (Fsp3) is 0.455. The van der Waals surface area contributed by atoms with Crippen LogP contribution in [0.25, 0.3) is 0 Å². The third-order valence-corrected chi connectivity index (χ3v) is 3.66. The third-order valence-electron chi connectivity index (χ3n) is 2.77. The smallest absolute Gasteiger partial charge is 0.350 e. The predicted molar refractivity (Wildman–Crippen MR) is 61.6 cm³/mol. The Morgan fingerprint density at radius 3 is 2.81 bits per heavy atom. The lowest BCUT2D eigenvalue weighted by molar-refractivity contribution is -0.122. The van der Waals surface area contributed by atoms with Gasteiger partial charge in [0.1, 0.15) is 4.88 Å². The van der Waals surface area contributed by atoms with Crippen molar-refractivity contribution in [1.29, 1.82) is 0 Å². The molecular weight excluding hydrogens is 226 g/mol. The molecule has 0 aliphatic heterocycles. The van der Waals surface area contributed by atoms with Gasteiger partial charge in [-0.05, 0) is 24.3 Å². The first-order valence-corrected chi connectivity index (χ1v) is 6.07. The van der Waals surface area contributed by atoms with E-state index in [2.05, 4.69) is 10.1 Å². The van der Waals surface area contributed by atoms with Gasteiger partial charge in [0.2, 0.25) is 5.91 Å². The number of rotatable bonds is 3. The van der Waals surface area contributed by atoms with E-state index >= 15 is 0 Å². The monoisotopic (exact) mass is 239 g/mol. The van der Waals surface area contributed by atoms with Gasteiger partial charge < -0.3 is 10.1 Å². The van der Waals surface area contributed by atoms with Gasteiger partial charge in [-0.15, -0.1) is 11.3 Å². The maximum atomic E-state index is 11.7. The second kappa shape index (κ2) is 4.65. The zero-order chi connectivity index (χ0) is 11.5. The second-order valence-electron chi connectivity index (χ2n) is 3.77. The highest BCUT2D eigenvalue weighted by Gasteiger charge is 2.26. The topological polar surface area (TPSA) is 55.4 Å². The maximum absolute atomic E-state index is 11.7. The number of hydrogen-bond donors (Lipinski definition) is 1. The molecule has 0 radical (unpaired) electrons. The highest BCUT2D eigenvalue weighted by molar-refractivity contribution is 7.12. The van der Waals surface area contributed by atoms with Gasteiger partial charge in [-0.25, -0.2) is 4.79 Å². The molecule has 1 heterocycles. The molecule has 86 valence electrons. The zero-order valence-electron chi connectivity index (χ0n) is 8.99. The predicted octanol–water partition coefficient (Wildman–Crippen LogP) is 2.27. The highest BCUT2D eigenvalue weighted by Crippen LogP contribution is 2.29. The number of carbonyl (C=O) groups is 2. The van der Waals surface area contributed by atoms with Gasteiger partial charge >= 0.3 is 5.97 Å². The van der Waals surface area contributed by atoms with Crippen LogP contribution in [0.2, 0.25) is 0 Å². The normalized spacial score (nSPS) is 15.3. The van der Waals surface area contributed by atoms with Crippen molar-refractivity contribution in [2.75, 3.05) is 12.4 Å². The first-order valence-electron chi connectivity index (χ1n) is 5.19. The van der Waals surface area contributed by atoms with Gasteiger partial charge in [-0.2, -0.15) is 0 Å². The van der Waals surface area contributed by atoms with Crippen LogP contribution in [-0.4, -0.2) is 19.0 Å². The number of carbonyl (C=O) groups excluding carboxylic acids is 2. The number of thiophene rings is 1. The third kappa shape index (κ3) is 2.09. The van der Waals surface area contributed by atoms with E-state index in [4.69, 9.17) is 0 Å². The van der Waals surface area contributed by atoms with Gasteiger partial charge in [0.25, 0.3) is 0 Å². The van der Waals surface area contributed by atoms with Crippen molar-refractivity contribution in [1.82, 2.24) is 0 Å². The summed E-state index contributed by atoms with van der Waals surface area (Å²) in [6.45, 7) is 0. The van der Waals surface area contributed by atoms with Crippen molar-refractivity contribution in [2.45, 2.75) is 19.3 Å². The van der Waals surface area contributed by atoms with Crippen LogP contribution in [-0.2, 0) is 9.53 Å². The lowest BCUT2D eigenvalue weighted by atomic mass is 9.85. The maximum Gasteiger partial charge on any atom is 0.350 e. The first kappa shape index (κ1) is 11.1. The van der Waals surface area contributed by atoms with Crippen LogP contribution in [0, 0.1) is 5.92 Å². The lowest BCUT2D eigenvalue weighted by Crippen LogP contribution is -2.28. The van der Waals surface area contributed by atoms with Crippen molar-refractivity contribution in [3.05, 3.63) is 16.3 Å². The summed E-state index contributed by atoms with van der Waals surface area (Å²) >= 11 is 1.27. The van der Waals surface area contributed by atoms with Crippen LogP contribution in [0.1, 0.15) is 28.9 Å². The summed E-state index contributed by atoms with van der Waals surface area (Å²) in [5.41, 5.74) is 0.564. The Hall–Kier alpha value is -1.36. The number of ether oxygens (including phenoxy) is 1. The molecule has 1 amide bonds. The largest absolute Gasteiger partial charge is 0.465 e. The quantitative estimate of drug-likeness (QED) is 0.823. The number of esters is 1. The standard InChI is InChI=1S/C11H13NO3S/c1-15-11(14)9-8(5-6-16-9)12-10(13)7-3-2-4-7/h5-7H,2-4H2,1H3,(H,12,13). The molecule has 2 rings (SSSR count). The average Bonchev–Trinajstić information content (AvgIpc) is 2.62. The summed E-state index contributed by atoms with van der Waals surface area (Å²) in [4.78, 5) is 23.5. The van der Waals surface area contributed by atoms with E-state index in [1.165, 1.54) is 18.4 Å². The minimum Gasteiger partial charge on any atom is -0.465 e. The minimum absolute atomic E-state index is 0.00908. The van der Waals surface area contributed by atoms with Crippen molar-refractivity contribution < 1.29 is 14.3 Å². The molecule has 5 heteroatoms. The van der Waals surface area contributed by atoms with Crippen LogP contribution in [0.3, 0.4) is 0 Å². The molecule has 0 unspecified atom stereocenters. The molecule has 0 spiro atoms. The Labute approximate surface area is 97.6 Å². The summed E-state index contributed by atoms with van der Waals surface area (Å²) in [6.07, 6.45) is 3.01. The van der Waals surface area contributed by atoms with E-state index in [0.717, 1.165) is 19.3 Å². The van der Waals surface area contributed by atoms with E-state index in [1.807, 2.05) is 0 Å². The molecule has 0 bridgehead atoms. The fourth-order valence-electron chi connectivity index (χ4n) is 1.56. The highest BCUT2D eigenvalue weighted by atomic mass is 32.1. The zero-order valence-corrected chi connectivity index (χ0v) is 9.80. The summed E-state index contributed by atoms with van der Waals surface area (Å²) in [7, 11) is 1.33. The van der Waals surface area contributed by atoms with Gasteiger partial charge in [0.05, 0.1) is 12.8 Å². The molecule has 1 N–H and O–H groups in total. The number of nitrogens with one attached hydrogen (secondary N) is 1. The summed E-state index contributed by atoms with van der Waals surface area (Å²) < 4.78 is 4.64. The van der Waals surface area contributed by atoms with E-state index in [-0.39, 0.29) is 11.8 Å². The van der Waals surface area contributed by atoms with Gasteiger partial charge in [-0.3, -0.25) is 4.79 Å². The average molecular weight is 239 g/mol. The van der Waals surface area contributed by atoms with E-state index in [0.29, 0.717) is 10.6 Å². The molecule has 0 saturated heterocycles. The molecule has 0 aromatic carbocycles. The van der Waals surface area contributed by atoms with Crippen molar-refractivity contribution in [3.63, 3.8) is 0 Å². The first-order chi connectivity index (χ1) is 7.72. The minimum atomic E-state index is -0.404. The molecule has 1 aliphatic rings. The van der Waals surface area contributed by atoms with Crippen molar-refractivity contribution in [3.8, 4) is 0 Å². The van der Waals surface area contributed by atoms with Gasteiger partial charge in [0, 0.05) is 5.92 Å². The Kier molecular flexibility index (Phi) is 3.24. The van der Waals surface area contributed by atoms with Crippen LogP contribution in [0.15, 0.2) is 11.4 Å². The van der Waals surface area contributed by atoms with Crippen molar-refractivity contribution >= 4 is 28.9 Å². The molecule has 1 aromatic rings. The van der Waals surface area contributed by atoms with E-state index < -0.39 is 5.97 Å². The van der Waals surface area contributed by atoms with Gasteiger partial charge in [0.15, 0.2) is 0 Å². The molecule has 1 saturated carbocycles. The van der Waals surface area contributed by atoms with E-state index in [1.54, 1.807) is 11.4 Å². The van der Waals surface area contributed by atoms with Crippen LogP contribution >= 0.6 is 11.3 Å². The second-order valence-corrected chi connectivity index (χ2v) is 4.69. The van der Waals surface area contributed by atoms with Gasteiger partial charge in [-0.1, -0.05) is 6.42 Å². The molecule has 1 aromatic heterocycles. The fourth-order valence-corrected chi connectivity index (χ4v) is 2.33. The SMILES string of the molecule is COC(=O)c1sccc1NC(=O)C1CCC1. The molecule has 16 heavy (non-hydrogen) atoms. The molecule has 1 fully saturated rings. The number of amides is 1. The summed E-state index contributed by atoms with van der Waals surface area (Å²) in [5, 5.41) is 4.54. The van der Waals surface area contributed by atoms with E-state index in [9.17, 15) is 9.59 Å². The van der Waals surface area contributed by atoms with Crippen molar-refractivity contribution in [2.24, 2.45) is 5.92 Å². The Morgan fingerprint density at radius 2 is 2.25 bits per heavy atom. The summed E-state index contributed by atoms with van der Waals surface area (Å²) in [6, 6.07) is 1.73. The lowest BCUT2D eigenvalue weighted by Gasteiger charge is -2.23. The summed E-state index contributed by atoms with van der Waals surface area (Å²) in [5.74, 6) is -0.279. The molecule has 4 nitrogen and oxygen atoms in total. The number of anilines is 1. The number of methoxy groups -OCH3 is 1. The molecule has 1 aliphatic carbocycles. The Balaban J connectivity index is 2.06. The Bertz CT molecular complexity index is 409. The number of hydrogen-bond acceptors (Lipinski definition) is 4. The molecular formula is C11H13NO3S. The van der Waals surface area contributed by atoms with Crippen LogP contribution in [0.4, 0.5) is 5.69 Å². The van der Waals surface area contributed by atoms with Crippen LogP contribution < -0.4 is 5.32 Å². The van der Waals surface area contributed by atoms with Crippen LogP contribution in [0.5, 0.6) is 0 Å². The Morgan fingerprint density at radius 1 is 1.50 bits per heavy atom. The molecule has 0 atom stereocenters.